The topological polar surface area (TPSA) is 72.7 Å². The number of rotatable bonds is 8. The van der Waals surface area contributed by atoms with Crippen molar-refractivity contribution in [3.05, 3.63) is 71.6 Å². The van der Waals surface area contributed by atoms with Crippen LogP contribution < -0.4 is 20.1 Å². The van der Waals surface area contributed by atoms with Gasteiger partial charge in [-0.05, 0) is 43.7 Å². The Kier molecular flexibility index (Phi) is 7.48. The lowest BCUT2D eigenvalue weighted by molar-refractivity contribution is 0.390. The Morgan fingerprint density at radius 2 is 1.97 bits per heavy atom. The van der Waals surface area contributed by atoms with Gasteiger partial charge in [-0.25, -0.2) is 14.4 Å². The zero-order valence-corrected chi connectivity index (χ0v) is 18.3. The van der Waals surface area contributed by atoms with Crippen molar-refractivity contribution in [1.82, 2.24) is 20.2 Å². The molecule has 2 aromatic carbocycles. The molecule has 0 spiro atoms. The standard InChI is InChI=1S/C23H28FN5O2/c1-5-25-23(28-15-18-7-8-19(30-3)13-22(18)31-4)27-14-17-6-9-21(20(24)12-17)29-11-10-26-16(29)2/h6-13H,5,14-15H2,1-4H3,(H2,25,27,28). The first-order chi connectivity index (χ1) is 15.0. The first-order valence-corrected chi connectivity index (χ1v) is 10.1. The molecule has 0 radical (unpaired) electrons. The lowest BCUT2D eigenvalue weighted by Crippen LogP contribution is -2.36. The average molecular weight is 426 g/mol. The van der Waals surface area contributed by atoms with Crippen LogP contribution in [0.5, 0.6) is 11.5 Å². The van der Waals surface area contributed by atoms with Crippen LogP contribution >= 0.6 is 0 Å². The van der Waals surface area contributed by atoms with Crippen molar-refractivity contribution in [3.8, 4) is 17.2 Å². The van der Waals surface area contributed by atoms with Crippen LogP contribution in [0.15, 0.2) is 53.8 Å². The minimum Gasteiger partial charge on any atom is -0.497 e. The summed E-state index contributed by atoms with van der Waals surface area (Å²) in [6, 6.07) is 10.8. The number of nitrogens with one attached hydrogen (secondary N) is 2. The van der Waals surface area contributed by atoms with Gasteiger partial charge in [0.1, 0.15) is 23.1 Å². The largest absolute Gasteiger partial charge is 0.497 e. The Labute approximate surface area is 181 Å². The van der Waals surface area contributed by atoms with Crippen LogP contribution in [-0.2, 0) is 13.1 Å². The number of guanidine groups is 1. The van der Waals surface area contributed by atoms with E-state index in [1.807, 2.05) is 38.1 Å². The highest BCUT2D eigenvalue weighted by atomic mass is 19.1. The summed E-state index contributed by atoms with van der Waals surface area (Å²) < 4.78 is 27.0. The van der Waals surface area contributed by atoms with Gasteiger partial charge in [0.05, 0.1) is 26.5 Å². The van der Waals surface area contributed by atoms with Gasteiger partial charge >= 0.3 is 0 Å². The van der Waals surface area contributed by atoms with E-state index in [9.17, 15) is 4.39 Å². The molecule has 164 valence electrons. The molecule has 3 rings (SSSR count). The highest BCUT2D eigenvalue weighted by molar-refractivity contribution is 5.79. The number of imidazole rings is 1. The van der Waals surface area contributed by atoms with Crippen LogP contribution in [0.3, 0.4) is 0 Å². The first-order valence-electron chi connectivity index (χ1n) is 10.1. The van der Waals surface area contributed by atoms with Gasteiger partial charge in [-0.2, -0.15) is 0 Å². The van der Waals surface area contributed by atoms with Crippen LogP contribution in [0, 0.1) is 12.7 Å². The van der Waals surface area contributed by atoms with Gasteiger partial charge in [-0.1, -0.05) is 6.07 Å². The van der Waals surface area contributed by atoms with E-state index in [1.165, 1.54) is 6.07 Å². The van der Waals surface area contributed by atoms with E-state index >= 15 is 0 Å². The number of methoxy groups -OCH3 is 2. The third-order valence-electron chi connectivity index (χ3n) is 4.80. The number of aliphatic imine (C=N–C) groups is 1. The summed E-state index contributed by atoms with van der Waals surface area (Å²) in [6.07, 6.45) is 3.39. The molecule has 0 amide bonds. The average Bonchev–Trinajstić information content (AvgIpc) is 3.21. The van der Waals surface area contributed by atoms with Crippen molar-refractivity contribution in [1.29, 1.82) is 0 Å². The van der Waals surface area contributed by atoms with Crippen LogP contribution in [0.4, 0.5) is 4.39 Å². The fourth-order valence-electron chi connectivity index (χ4n) is 3.17. The predicted octanol–water partition coefficient (Wildman–Crippen LogP) is 3.59. The third-order valence-corrected chi connectivity index (χ3v) is 4.80. The van der Waals surface area contributed by atoms with Crippen molar-refractivity contribution in [2.24, 2.45) is 4.99 Å². The van der Waals surface area contributed by atoms with Crippen molar-refractivity contribution >= 4 is 5.96 Å². The zero-order valence-electron chi connectivity index (χ0n) is 18.3. The Hall–Kier alpha value is -3.55. The predicted molar refractivity (Wildman–Crippen MR) is 119 cm³/mol. The lowest BCUT2D eigenvalue weighted by Gasteiger charge is -2.14. The van der Waals surface area contributed by atoms with Gasteiger partial charge in [0.15, 0.2) is 5.96 Å². The zero-order chi connectivity index (χ0) is 22.2. The highest BCUT2D eigenvalue weighted by Crippen LogP contribution is 2.24. The van der Waals surface area contributed by atoms with Crippen LogP contribution in [0.1, 0.15) is 23.9 Å². The number of ether oxygens (including phenoxy) is 2. The second-order valence-corrected chi connectivity index (χ2v) is 6.86. The summed E-state index contributed by atoms with van der Waals surface area (Å²) >= 11 is 0. The Balaban J connectivity index is 1.70. The molecule has 0 fully saturated rings. The van der Waals surface area contributed by atoms with E-state index in [4.69, 9.17) is 9.47 Å². The Morgan fingerprint density at radius 3 is 2.61 bits per heavy atom. The quantitative estimate of drug-likeness (QED) is 0.426. The summed E-state index contributed by atoms with van der Waals surface area (Å²) in [4.78, 5) is 8.73. The summed E-state index contributed by atoms with van der Waals surface area (Å²) in [6.45, 7) is 5.40. The summed E-state index contributed by atoms with van der Waals surface area (Å²) in [5, 5.41) is 6.49. The third kappa shape index (κ3) is 5.53. The smallest absolute Gasteiger partial charge is 0.191 e. The normalized spacial score (nSPS) is 11.3. The minimum atomic E-state index is -0.310. The molecule has 1 aromatic heterocycles. The number of hydrogen-bond acceptors (Lipinski definition) is 4. The van der Waals surface area contributed by atoms with Gasteiger partial charge in [0, 0.05) is 37.1 Å². The van der Waals surface area contributed by atoms with E-state index in [1.54, 1.807) is 37.2 Å². The number of halogens is 1. The number of aromatic nitrogens is 2. The van der Waals surface area contributed by atoms with E-state index in [-0.39, 0.29) is 5.82 Å². The molecule has 2 N–H and O–H groups in total. The highest BCUT2D eigenvalue weighted by Gasteiger charge is 2.09. The summed E-state index contributed by atoms with van der Waals surface area (Å²) in [5.74, 6) is 2.52. The van der Waals surface area contributed by atoms with Gasteiger partial charge in [0.25, 0.3) is 0 Å². The van der Waals surface area contributed by atoms with Crippen molar-refractivity contribution in [2.75, 3.05) is 20.8 Å². The maximum absolute atomic E-state index is 14.6. The molecule has 0 bridgehead atoms. The second-order valence-electron chi connectivity index (χ2n) is 6.86. The minimum absolute atomic E-state index is 0.310. The molecule has 0 unspecified atom stereocenters. The summed E-state index contributed by atoms with van der Waals surface area (Å²) in [5.41, 5.74) is 2.22. The molecule has 0 atom stereocenters. The molecule has 1 heterocycles. The number of nitrogens with zero attached hydrogens (tertiary/aromatic N) is 3. The summed E-state index contributed by atoms with van der Waals surface area (Å²) in [7, 11) is 3.25. The number of benzene rings is 2. The molecule has 31 heavy (non-hydrogen) atoms. The molecule has 7 nitrogen and oxygen atoms in total. The monoisotopic (exact) mass is 425 g/mol. The maximum Gasteiger partial charge on any atom is 0.191 e. The molecular formula is C23H28FN5O2. The number of hydrogen-bond donors (Lipinski definition) is 2. The molecule has 8 heteroatoms. The van der Waals surface area contributed by atoms with Crippen molar-refractivity contribution in [2.45, 2.75) is 26.9 Å². The van der Waals surface area contributed by atoms with Crippen LogP contribution in [0.25, 0.3) is 5.69 Å². The fraction of sp³-hybridized carbons (Fsp3) is 0.304. The van der Waals surface area contributed by atoms with E-state index < -0.39 is 0 Å². The maximum atomic E-state index is 14.6. The molecule has 0 aliphatic heterocycles. The van der Waals surface area contributed by atoms with Gasteiger partial charge in [-0.15, -0.1) is 0 Å². The second kappa shape index (κ2) is 10.5. The molecule has 3 aromatic rings. The Morgan fingerprint density at radius 1 is 1.13 bits per heavy atom. The van der Waals surface area contributed by atoms with E-state index in [0.717, 1.165) is 28.5 Å². The Bertz CT molecular complexity index is 1050. The molecule has 0 aliphatic rings. The molecular weight excluding hydrogens is 397 g/mol. The lowest BCUT2D eigenvalue weighted by atomic mass is 10.2. The van der Waals surface area contributed by atoms with Crippen LogP contribution in [-0.4, -0.2) is 36.3 Å². The first kappa shape index (κ1) is 22.1. The van der Waals surface area contributed by atoms with Gasteiger partial charge in [0.2, 0.25) is 0 Å². The molecule has 0 saturated carbocycles. The van der Waals surface area contributed by atoms with Crippen LogP contribution in [0.2, 0.25) is 0 Å². The molecule has 0 saturated heterocycles. The fourth-order valence-corrected chi connectivity index (χ4v) is 3.17. The van der Waals surface area contributed by atoms with Crippen molar-refractivity contribution < 1.29 is 13.9 Å². The van der Waals surface area contributed by atoms with E-state index in [0.29, 0.717) is 31.3 Å². The molecule has 0 aliphatic carbocycles. The number of aryl methyl sites for hydroxylation is 1. The van der Waals surface area contributed by atoms with Crippen molar-refractivity contribution in [3.63, 3.8) is 0 Å². The van der Waals surface area contributed by atoms with E-state index in [2.05, 4.69) is 20.6 Å². The van der Waals surface area contributed by atoms with Gasteiger partial charge in [-0.3, -0.25) is 0 Å². The SMILES string of the molecule is CCNC(=NCc1ccc(-n2ccnc2C)c(F)c1)NCc1ccc(OC)cc1OC. The van der Waals surface area contributed by atoms with Gasteiger partial charge < -0.3 is 24.7 Å².